The third-order valence-electron chi connectivity index (χ3n) is 26.5. The Labute approximate surface area is 709 Å². The summed E-state index contributed by atoms with van der Waals surface area (Å²) in [7, 11) is 0. The minimum Gasteiger partial charge on any atom is -0.309 e. The number of hydrogen-bond donors (Lipinski definition) is 0. The molecule has 22 rings (SSSR count). The number of hydrogen-bond acceptors (Lipinski definition) is 2. The first-order valence-corrected chi connectivity index (χ1v) is 42.8. The maximum Gasteiger partial charge on any atom is 0.0674 e. The summed E-state index contributed by atoms with van der Waals surface area (Å²) in [6, 6.07) is 162. The monoisotopic (exact) mass is 1540 g/mol. The topological polar surface area (TPSA) is 6.48 Å². The summed E-state index contributed by atoms with van der Waals surface area (Å²) in [6.07, 6.45) is 5.89. The number of allylic oxidation sites excluding steroid dienone is 2. The fourth-order valence-corrected chi connectivity index (χ4v) is 20.9. The lowest BCUT2D eigenvalue weighted by Gasteiger charge is -2.39. The molecule has 19 aromatic rings. The average Bonchev–Trinajstić information content (AvgIpc) is 1.53. The number of anilines is 6. The van der Waals surface area contributed by atoms with Gasteiger partial charge in [-0.15, -0.1) is 0 Å². The highest BCUT2D eigenvalue weighted by molar-refractivity contribution is 6.14. The molecule has 19 aromatic carbocycles. The van der Waals surface area contributed by atoms with Crippen LogP contribution in [0, 0.1) is 5.92 Å². The van der Waals surface area contributed by atoms with Gasteiger partial charge in [-0.25, -0.2) is 0 Å². The van der Waals surface area contributed by atoms with E-state index in [-0.39, 0.29) is 5.41 Å². The summed E-state index contributed by atoms with van der Waals surface area (Å²) in [5.41, 5.74) is 37.7. The van der Waals surface area contributed by atoms with Crippen LogP contribution in [0.5, 0.6) is 0 Å². The molecule has 0 aliphatic heterocycles. The minimum absolute atomic E-state index is 0.245. The van der Waals surface area contributed by atoms with Gasteiger partial charge < -0.3 is 9.80 Å². The molecule has 2 atom stereocenters. The molecule has 3 aliphatic rings. The highest BCUT2D eigenvalue weighted by atomic mass is 15.2. The van der Waals surface area contributed by atoms with Crippen molar-refractivity contribution in [3.63, 3.8) is 0 Å². The molecule has 121 heavy (non-hydrogen) atoms. The summed E-state index contributed by atoms with van der Waals surface area (Å²) in [6.45, 7) is 7.23. The number of nitrogens with zero attached hydrogens (tertiary/aromatic N) is 2. The Morgan fingerprint density at radius 2 is 0.702 bits per heavy atom. The summed E-state index contributed by atoms with van der Waals surface area (Å²) in [5, 5.41) is 7.23. The largest absolute Gasteiger partial charge is 0.309 e. The fourth-order valence-electron chi connectivity index (χ4n) is 20.9. The second-order valence-electron chi connectivity index (χ2n) is 33.7. The zero-order valence-corrected chi connectivity index (χ0v) is 68.2. The van der Waals surface area contributed by atoms with Gasteiger partial charge in [-0.1, -0.05) is 415 Å². The summed E-state index contributed by atoms with van der Waals surface area (Å²) >= 11 is 0. The van der Waals surface area contributed by atoms with Gasteiger partial charge in [0.25, 0.3) is 0 Å². The van der Waals surface area contributed by atoms with Crippen LogP contribution in [0.25, 0.3) is 144 Å². The van der Waals surface area contributed by atoms with Gasteiger partial charge in [0.2, 0.25) is 0 Å². The van der Waals surface area contributed by atoms with E-state index in [1.54, 1.807) is 0 Å². The Bertz CT molecular complexity index is 7250. The van der Waals surface area contributed by atoms with Crippen molar-refractivity contribution < 1.29 is 0 Å². The molecule has 0 heterocycles. The van der Waals surface area contributed by atoms with E-state index >= 15 is 0 Å². The first-order chi connectivity index (χ1) is 59.7. The Hall–Kier alpha value is -14.7. The van der Waals surface area contributed by atoms with Crippen LogP contribution >= 0.6 is 0 Å². The van der Waals surface area contributed by atoms with Gasteiger partial charge in [-0.3, -0.25) is 0 Å². The van der Waals surface area contributed by atoms with Crippen molar-refractivity contribution in [2.75, 3.05) is 9.80 Å². The van der Waals surface area contributed by atoms with Crippen LogP contribution in [0.1, 0.15) is 67.9 Å². The maximum atomic E-state index is 2.59. The molecular weight excluding hydrogens is 1460 g/mol. The van der Waals surface area contributed by atoms with Crippen molar-refractivity contribution in [2.45, 2.75) is 50.9 Å². The van der Waals surface area contributed by atoms with Crippen LogP contribution in [-0.4, -0.2) is 0 Å². The second kappa shape index (κ2) is 30.0. The molecule has 0 amide bonds. The zero-order valence-electron chi connectivity index (χ0n) is 68.2. The number of fused-ring (bicyclic) bond motifs is 9. The van der Waals surface area contributed by atoms with Crippen molar-refractivity contribution in [1.29, 1.82) is 0 Å². The Morgan fingerprint density at radius 1 is 0.256 bits per heavy atom. The first kappa shape index (κ1) is 72.7. The van der Waals surface area contributed by atoms with E-state index < -0.39 is 5.41 Å². The van der Waals surface area contributed by atoms with Crippen LogP contribution in [0.2, 0.25) is 0 Å². The Morgan fingerprint density at radius 3 is 1.39 bits per heavy atom. The fraction of sp³-hybridized carbons (Fsp3) is 0.0756. The molecule has 0 fully saturated rings. The molecule has 0 radical (unpaired) electrons. The van der Waals surface area contributed by atoms with Crippen LogP contribution < -0.4 is 9.80 Å². The van der Waals surface area contributed by atoms with Gasteiger partial charge in [-0.2, -0.15) is 0 Å². The summed E-state index contributed by atoms with van der Waals surface area (Å²) < 4.78 is 0. The third-order valence-corrected chi connectivity index (χ3v) is 26.5. The molecule has 3 aliphatic carbocycles. The molecule has 0 saturated carbocycles. The lowest BCUT2D eigenvalue weighted by molar-refractivity contribution is 0.478. The molecular formula is C119H88N2. The van der Waals surface area contributed by atoms with Gasteiger partial charge in [0.1, 0.15) is 0 Å². The van der Waals surface area contributed by atoms with E-state index in [9.17, 15) is 0 Å². The van der Waals surface area contributed by atoms with Crippen LogP contribution in [0.15, 0.2) is 442 Å². The highest BCUT2D eigenvalue weighted by Crippen LogP contribution is 2.63. The highest BCUT2D eigenvalue weighted by Gasteiger charge is 2.49. The predicted octanol–water partition coefficient (Wildman–Crippen LogP) is 32.8. The van der Waals surface area contributed by atoms with Crippen LogP contribution in [0.3, 0.4) is 0 Å². The van der Waals surface area contributed by atoms with E-state index in [0.29, 0.717) is 5.92 Å². The third kappa shape index (κ3) is 12.2. The standard InChI is InChI=1S/C119H88N2/c1-79-32-26-46-91(76-79)119(90-44-14-7-15-45-90)107-57-23-19-51-105(107)117-108(119)58-31-61-112(117)120(110-59-24-20-49-101(110)103-54-29-42-86-41-28-53-97(114(86)103)84-35-10-5-11-36-84)92-70-66-81(67-71-92)80-62-64-85(65-63-80)98-74-68-88-43-30-55-104(116(88)115(98)87-38-12-6-13-39-87)102-50-21-25-60-111(102)121(93-72-75-100-99-48-18-22-56-106(99)118(2,3)109(100)78-93)113-77-89(69-73-96(113)83-33-8-4-9-34-83)95-52-27-40-82-37-16-17-47-94(82)95/h4-25,27-31,33-75,77-79H,26,32,76H2,1-3H3. The normalized spacial score (nSPS) is 14.9. The smallest absolute Gasteiger partial charge is 0.0674 e. The number of para-hydroxylation sites is 2. The molecule has 2 unspecified atom stereocenters. The SMILES string of the molecule is CC1CCC=C(C2(c3ccccc3)c3ccccc3-c3c(N(c4ccc(-c5ccc(-c6ccc7cccc(-c8ccccc8N(c8ccc9c(c8)C(C)(C)c8ccccc8-9)c8cc(-c9cccc%10ccccc9%10)ccc8-c8ccccc8)c7c6-c6ccccc6)cc5)cc4)c4ccccc4-c4cccc5cccc(-c6ccccc6)c45)cccc32)C1. The number of rotatable bonds is 16. The van der Waals surface area contributed by atoms with E-state index in [0.717, 1.165) is 108 Å². The molecule has 574 valence electrons. The molecule has 0 spiro atoms. The van der Waals surface area contributed by atoms with E-state index in [1.165, 1.54) is 122 Å². The lowest BCUT2D eigenvalue weighted by Crippen LogP contribution is -2.31. The first-order valence-electron chi connectivity index (χ1n) is 42.8. The van der Waals surface area contributed by atoms with E-state index in [4.69, 9.17) is 0 Å². The van der Waals surface area contributed by atoms with Gasteiger partial charge >= 0.3 is 0 Å². The molecule has 2 nitrogen and oxygen atoms in total. The average molecular weight is 1550 g/mol. The van der Waals surface area contributed by atoms with Crippen LogP contribution in [-0.2, 0) is 10.8 Å². The molecule has 0 saturated heterocycles. The summed E-state index contributed by atoms with van der Waals surface area (Å²) in [4.78, 5) is 5.15. The van der Waals surface area contributed by atoms with Crippen molar-refractivity contribution >= 4 is 66.4 Å². The Kier molecular flexibility index (Phi) is 18.1. The van der Waals surface area contributed by atoms with Gasteiger partial charge in [0.05, 0.1) is 28.2 Å². The second-order valence-corrected chi connectivity index (χ2v) is 33.7. The quantitative estimate of drug-likeness (QED) is 0.0890. The van der Waals surface area contributed by atoms with Crippen LogP contribution in [0.4, 0.5) is 34.1 Å². The van der Waals surface area contributed by atoms with Crippen molar-refractivity contribution in [2.24, 2.45) is 5.92 Å². The van der Waals surface area contributed by atoms with Gasteiger partial charge in [-0.05, 0) is 223 Å². The van der Waals surface area contributed by atoms with E-state index in [2.05, 4.69) is 467 Å². The summed E-state index contributed by atoms with van der Waals surface area (Å²) in [5.74, 6) is 0.564. The molecule has 0 aromatic heterocycles. The number of benzene rings is 19. The maximum absolute atomic E-state index is 2.59. The zero-order chi connectivity index (χ0) is 80.7. The molecule has 2 heteroatoms. The molecule has 0 N–H and O–H groups in total. The van der Waals surface area contributed by atoms with Gasteiger partial charge in [0, 0.05) is 39.0 Å². The lowest BCUT2D eigenvalue weighted by atomic mass is 9.64. The van der Waals surface area contributed by atoms with Crippen molar-refractivity contribution in [3.05, 3.63) is 470 Å². The minimum atomic E-state index is -0.485. The Balaban J connectivity index is 0.696. The van der Waals surface area contributed by atoms with Crippen molar-refractivity contribution in [3.8, 4) is 111 Å². The predicted molar refractivity (Wildman–Crippen MR) is 512 cm³/mol. The van der Waals surface area contributed by atoms with E-state index in [1.807, 2.05) is 0 Å². The van der Waals surface area contributed by atoms with Crippen molar-refractivity contribution in [1.82, 2.24) is 0 Å². The van der Waals surface area contributed by atoms with Gasteiger partial charge in [0.15, 0.2) is 0 Å². The molecule has 0 bridgehead atoms.